The maximum atomic E-state index is 10.3. The number of hydrogen-bond donors (Lipinski definition) is 3. The zero-order valence-corrected chi connectivity index (χ0v) is 8.39. The average molecular weight is 212 g/mol. The van der Waals surface area contributed by atoms with Gasteiger partial charge in [-0.05, 0) is 32.0 Å². The molecular formula is C10H12O5. The Morgan fingerprint density at radius 2 is 1.60 bits per heavy atom. The quantitative estimate of drug-likeness (QED) is 0.611. The Morgan fingerprint density at radius 3 is 1.93 bits per heavy atom. The number of aromatic hydroxyl groups is 2. The second-order valence-electron chi connectivity index (χ2n) is 2.91. The normalized spacial score (nSPS) is 8.67. The van der Waals surface area contributed by atoms with Crippen LogP contribution in [0.2, 0.25) is 0 Å². The Balaban J connectivity index is 0.000000423. The smallest absolute Gasteiger partial charge is 0.339 e. The monoisotopic (exact) mass is 212 g/mol. The fourth-order valence-corrected chi connectivity index (χ4v) is 0.695. The molecule has 1 aromatic carbocycles. The SMILES string of the molecule is CC(C)=O.O=C(O)c1cc(O)ccc1O. The van der Waals surface area contributed by atoms with Gasteiger partial charge in [-0.2, -0.15) is 0 Å². The van der Waals surface area contributed by atoms with Crippen molar-refractivity contribution in [1.82, 2.24) is 0 Å². The molecule has 1 rings (SSSR count). The van der Waals surface area contributed by atoms with Crippen LogP contribution in [0.3, 0.4) is 0 Å². The minimum Gasteiger partial charge on any atom is -0.508 e. The van der Waals surface area contributed by atoms with Crippen molar-refractivity contribution in [1.29, 1.82) is 0 Å². The average Bonchev–Trinajstić information content (AvgIpc) is 2.08. The number of hydrogen-bond acceptors (Lipinski definition) is 4. The van der Waals surface area contributed by atoms with E-state index in [4.69, 9.17) is 15.3 Å². The zero-order valence-electron chi connectivity index (χ0n) is 8.39. The Labute approximate surface area is 86.6 Å². The number of benzene rings is 1. The molecule has 0 aromatic heterocycles. The number of carbonyl (C=O) groups excluding carboxylic acids is 1. The van der Waals surface area contributed by atoms with E-state index in [1.807, 2.05) is 0 Å². The van der Waals surface area contributed by atoms with Gasteiger partial charge in [0.15, 0.2) is 0 Å². The third-order valence-corrected chi connectivity index (χ3v) is 1.21. The van der Waals surface area contributed by atoms with E-state index in [0.29, 0.717) is 0 Å². The summed E-state index contributed by atoms with van der Waals surface area (Å²) in [5.74, 6) is -1.63. The molecule has 0 aliphatic heterocycles. The molecule has 0 spiro atoms. The molecule has 82 valence electrons. The second kappa shape index (κ2) is 5.64. The summed E-state index contributed by atoms with van der Waals surface area (Å²) in [6, 6.07) is 3.32. The van der Waals surface area contributed by atoms with Gasteiger partial charge in [0.05, 0.1) is 0 Å². The number of phenolic OH excluding ortho intramolecular Hbond substituents is 1. The van der Waals surface area contributed by atoms with E-state index in [2.05, 4.69) is 0 Å². The maximum absolute atomic E-state index is 10.3. The minimum atomic E-state index is -1.27. The Kier molecular flexibility index (Phi) is 4.87. The third-order valence-electron chi connectivity index (χ3n) is 1.21. The largest absolute Gasteiger partial charge is 0.508 e. The van der Waals surface area contributed by atoms with Crippen LogP contribution >= 0.6 is 0 Å². The van der Waals surface area contributed by atoms with Gasteiger partial charge < -0.3 is 20.1 Å². The summed E-state index contributed by atoms with van der Waals surface area (Å²) in [6.07, 6.45) is 0. The first kappa shape index (κ1) is 13.0. The maximum Gasteiger partial charge on any atom is 0.339 e. The summed E-state index contributed by atoms with van der Waals surface area (Å²) in [4.78, 5) is 19.7. The molecule has 0 radical (unpaired) electrons. The van der Waals surface area contributed by atoms with E-state index in [0.717, 1.165) is 12.1 Å². The summed E-state index contributed by atoms with van der Waals surface area (Å²) in [6.45, 7) is 3.06. The van der Waals surface area contributed by atoms with E-state index < -0.39 is 5.97 Å². The molecule has 15 heavy (non-hydrogen) atoms. The van der Waals surface area contributed by atoms with Crippen molar-refractivity contribution < 1.29 is 24.9 Å². The first-order chi connectivity index (χ1) is 6.84. The number of rotatable bonds is 1. The number of carboxylic acid groups (broad SMARTS) is 1. The van der Waals surface area contributed by atoms with Gasteiger partial charge in [0.1, 0.15) is 22.8 Å². The van der Waals surface area contributed by atoms with E-state index in [1.165, 1.54) is 19.9 Å². The van der Waals surface area contributed by atoms with Crippen LogP contribution < -0.4 is 0 Å². The fourth-order valence-electron chi connectivity index (χ4n) is 0.695. The van der Waals surface area contributed by atoms with Crippen LogP contribution in [0.4, 0.5) is 0 Å². The molecule has 0 saturated carbocycles. The van der Waals surface area contributed by atoms with Crippen molar-refractivity contribution >= 4 is 11.8 Å². The Hall–Kier alpha value is -2.04. The van der Waals surface area contributed by atoms with Gasteiger partial charge in [0.2, 0.25) is 0 Å². The van der Waals surface area contributed by atoms with Gasteiger partial charge in [0, 0.05) is 0 Å². The van der Waals surface area contributed by atoms with Gasteiger partial charge in [-0.3, -0.25) is 0 Å². The first-order valence-electron chi connectivity index (χ1n) is 4.07. The third kappa shape index (κ3) is 5.30. The highest BCUT2D eigenvalue weighted by Crippen LogP contribution is 2.21. The lowest BCUT2D eigenvalue weighted by molar-refractivity contribution is -0.115. The number of aromatic carboxylic acids is 1. The number of Topliss-reactive ketones (excluding diaryl/α,β-unsaturated/α-hetero) is 1. The second-order valence-corrected chi connectivity index (χ2v) is 2.91. The highest BCUT2D eigenvalue weighted by Gasteiger charge is 2.08. The molecule has 5 heteroatoms. The van der Waals surface area contributed by atoms with Crippen molar-refractivity contribution in [3.05, 3.63) is 23.8 Å². The van der Waals surface area contributed by atoms with Crippen molar-refractivity contribution in [2.45, 2.75) is 13.8 Å². The number of ketones is 1. The van der Waals surface area contributed by atoms with Crippen molar-refractivity contribution in [2.75, 3.05) is 0 Å². The molecule has 5 nitrogen and oxygen atoms in total. The van der Waals surface area contributed by atoms with E-state index in [-0.39, 0.29) is 22.8 Å². The molecule has 0 heterocycles. The molecule has 0 aliphatic rings. The summed E-state index contributed by atoms with van der Waals surface area (Å²) in [5, 5.41) is 26.1. The Bertz CT molecular complexity index is 366. The lowest BCUT2D eigenvalue weighted by Gasteiger charge is -1.98. The molecule has 0 fully saturated rings. The predicted octanol–water partition coefficient (Wildman–Crippen LogP) is 1.39. The standard InChI is InChI=1S/C7H6O4.C3H6O/c8-4-1-2-6(9)5(3-4)7(10)11;1-3(2)4/h1-3,8-9H,(H,10,11);1-2H3. The van der Waals surface area contributed by atoms with Gasteiger partial charge in [-0.15, -0.1) is 0 Å². The molecular weight excluding hydrogens is 200 g/mol. The van der Waals surface area contributed by atoms with Gasteiger partial charge in [-0.25, -0.2) is 4.79 Å². The van der Waals surface area contributed by atoms with E-state index >= 15 is 0 Å². The number of phenols is 2. The fraction of sp³-hybridized carbons (Fsp3) is 0.200. The van der Waals surface area contributed by atoms with Crippen LogP contribution in [-0.4, -0.2) is 27.1 Å². The van der Waals surface area contributed by atoms with Gasteiger partial charge in [-0.1, -0.05) is 0 Å². The van der Waals surface area contributed by atoms with Crippen molar-refractivity contribution in [2.24, 2.45) is 0 Å². The molecule has 0 bridgehead atoms. The topological polar surface area (TPSA) is 94.8 Å². The molecule has 3 N–H and O–H groups in total. The molecule has 0 saturated heterocycles. The highest BCUT2D eigenvalue weighted by molar-refractivity contribution is 5.91. The minimum absolute atomic E-state index is 0.167. The van der Waals surface area contributed by atoms with Gasteiger partial charge >= 0.3 is 5.97 Å². The van der Waals surface area contributed by atoms with Crippen molar-refractivity contribution in [3.63, 3.8) is 0 Å². The summed E-state index contributed by atoms with van der Waals surface area (Å²) >= 11 is 0. The van der Waals surface area contributed by atoms with Crippen LogP contribution in [0.15, 0.2) is 18.2 Å². The summed E-state index contributed by atoms with van der Waals surface area (Å²) in [5.41, 5.74) is -0.301. The lowest BCUT2D eigenvalue weighted by Crippen LogP contribution is -1.95. The van der Waals surface area contributed by atoms with E-state index in [1.54, 1.807) is 0 Å². The van der Waals surface area contributed by atoms with Crippen LogP contribution in [0.25, 0.3) is 0 Å². The molecule has 1 aromatic rings. The van der Waals surface area contributed by atoms with Crippen LogP contribution in [0, 0.1) is 0 Å². The zero-order chi connectivity index (χ0) is 12.0. The molecule has 0 aliphatic carbocycles. The van der Waals surface area contributed by atoms with E-state index in [9.17, 15) is 9.59 Å². The van der Waals surface area contributed by atoms with Crippen molar-refractivity contribution in [3.8, 4) is 11.5 Å². The van der Waals surface area contributed by atoms with Crippen LogP contribution in [0.5, 0.6) is 11.5 Å². The molecule has 0 unspecified atom stereocenters. The number of carboxylic acids is 1. The highest BCUT2D eigenvalue weighted by atomic mass is 16.4. The van der Waals surface area contributed by atoms with Crippen LogP contribution in [-0.2, 0) is 4.79 Å². The number of carbonyl (C=O) groups is 2. The molecule has 0 amide bonds. The Morgan fingerprint density at radius 1 is 1.13 bits per heavy atom. The first-order valence-corrected chi connectivity index (χ1v) is 4.07. The predicted molar refractivity (Wildman–Crippen MR) is 53.1 cm³/mol. The lowest BCUT2D eigenvalue weighted by atomic mass is 10.2. The molecule has 0 atom stereocenters. The van der Waals surface area contributed by atoms with Crippen LogP contribution in [0.1, 0.15) is 24.2 Å². The van der Waals surface area contributed by atoms with Gasteiger partial charge in [0.25, 0.3) is 0 Å². The summed E-state index contributed by atoms with van der Waals surface area (Å²) in [7, 11) is 0. The summed E-state index contributed by atoms with van der Waals surface area (Å²) < 4.78 is 0.